The average Bonchev–Trinajstić information content (AvgIpc) is 2.89. The lowest BCUT2D eigenvalue weighted by Gasteiger charge is -2.33. The molecule has 0 heterocycles. The standard InChI is InChI=1S/C33H45FO/c1-4-6-7-8-9-13-22-33(35-25-14-15-27(3)5-2)23-20-28(21-24-33)30-18-19-31(32(34)26-30)29-16-11-10-12-17-29/h10-12,16-21,23,26-27H,4-9,13-15,22,24-25H2,1-3H3/t27?,33-/m1/s1. The molecular weight excluding hydrogens is 431 g/mol. The SMILES string of the molecule is CCCCCCCC[C@@]1(OCCCC(C)CC)C=CC(c2ccc(-c3ccccc3)c(F)c2)=CC1. The van der Waals surface area contributed by atoms with E-state index < -0.39 is 0 Å². The van der Waals surface area contributed by atoms with E-state index in [0.29, 0.717) is 5.56 Å². The zero-order valence-corrected chi connectivity index (χ0v) is 22.2. The van der Waals surface area contributed by atoms with Crippen LogP contribution < -0.4 is 0 Å². The predicted octanol–water partition coefficient (Wildman–Crippen LogP) is 10.2. The maximum absolute atomic E-state index is 15.0. The van der Waals surface area contributed by atoms with Gasteiger partial charge in [0.15, 0.2) is 0 Å². The molecule has 0 radical (unpaired) electrons. The molecule has 0 aliphatic heterocycles. The quantitative estimate of drug-likeness (QED) is 0.232. The number of halogens is 1. The van der Waals surface area contributed by atoms with Crippen molar-refractivity contribution in [1.29, 1.82) is 0 Å². The van der Waals surface area contributed by atoms with Crippen LogP contribution in [0, 0.1) is 11.7 Å². The van der Waals surface area contributed by atoms with Gasteiger partial charge in [-0.25, -0.2) is 4.39 Å². The fraction of sp³-hybridized carbons (Fsp3) is 0.515. The Bertz CT molecular complexity index is 945. The zero-order chi connectivity index (χ0) is 24.9. The third-order valence-corrected chi connectivity index (χ3v) is 7.50. The summed E-state index contributed by atoms with van der Waals surface area (Å²) >= 11 is 0. The van der Waals surface area contributed by atoms with Crippen molar-refractivity contribution >= 4 is 5.57 Å². The molecule has 1 unspecified atom stereocenters. The third kappa shape index (κ3) is 8.46. The van der Waals surface area contributed by atoms with Crippen LogP contribution in [0.5, 0.6) is 0 Å². The molecule has 1 aliphatic rings. The smallest absolute Gasteiger partial charge is 0.131 e. The maximum atomic E-state index is 15.0. The molecule has 0 fully saturated rings. The summed E-state index contributed by atoms with van der Waals surface area (Å²) < 4.78 is 21.5. The summed E-state index contributed by atoms with van der Waals surface area (Å²) in [5, 5.41) is 0. The molecule has 190 valence electrons. The Balaban J connectivity index is 1.64. The summed E-state index contributed by atoms with van der Waals surface area (Å²) in [6.07, 6.45) is 19.9. The fourth-order valence-corrected chi connectivity index (χ4v) is 4.90. The van der Waals surface area contributed by atoms with E-state index in [1.165, 1.54) is 51.4 Å². The summed E-state index contributed by atoms with van der Waals surface area (Å²) in [7, 11) is 0. The largest absolute Gasteiger partial charge is 0.371 e. The van der Waals surface area contributed by atoms with Crippen LogP contribution in [0.3, 0.4) is 0 Å². The minimum Gasteiger partial charge on any atom is -0.371 e. The van der Waals surface area contributed by atoms with E-state index in [1.54, 1.807) is 6.07 Å². The third-order valence-electron chi connectivity index (χ3n) is 7.50. The van der Waals surface area contributed by atoms with Gasteiger partial charge in [-0.15, -0.1) is 0 Å². The lowest BCUT2D eigenvalue weighted by Crippen LogP contribution is -2.32. The molecule has 0 spiro atoms. The molecule has 0 saturated heterocycles. The van der Waals surface area contributed by atoms with Gasteiger partial charge in [-0.05, 0) is 54.4 Å². The number of hydrogen-bond acceptors (Lipinski definition) is 1. The van der Waals surface area contributed by atoms with E-state index in [2.05, 4.69) is 39.0 Å². The van der Waals surface area contributed by atoms with E-state index in [-0.39, 0.29) is 11.4 Å². The van der Waals surface area contributed by atoms with Gasteiger partial charge in [0.05, 0.1) is 5.60 Å². The van der Waals surface area contributed by atoms with Crippen molar-refractivity contribution in [1.82, 2.24) is 0 Å². The van der Waals surface area contributed by atoms with E-state index in [9.17, 15) is 4.39 Å². The van der Waals surface area contributed by atoms with Crippen LogP contribution >= 0.6 is 0 Å². The van der Waals surface area contributed by atoms with Gasteiger partial charge in [0.25, 0.3) is 0 Å². The van der Waals surface area contributed by atoms with E-state index in [0.717, 1.165) is 48.5 Å². The molecule has 0 N–H and O–H groups in total. The van der Waals surface area contributed by atoms with Crippen molar-refractivity contribution < 1.29 is 9.13 Å². The van der Waals surface area contributed by atoms with Gasteiger partial charge >= 0.3 is 0 Å². The molecule has 2 atom stereocenters. The highest BCUT2D eigenvalue weighted by Gasteiger charge is 2.29. The number of rotatable bonds is 15. The summed E-state index contributed by atoms with van der Waals surface area (Å²) in [5.74, 6) is 0.587. The Hall–Kier alpha value is -2.19. The topological polar surface area (TPSA) is 9.23 Å². The number of unbranched alkanes of at least 4 members (excludes halogenated alkanes) is 5. The molecule has 1 nitrogen and oxygen atoms in total. The first kappa shape index (κ1) is 27.4. The highest BCUT2D eigenvalue weighted by molar-refractivity contribution is 5.77. The second-order valence-electron chi connectivity index (χ2n) is 10.3. The molecule has 2 aromatic carbocycles. The molecule has 2 heteroatoms. The van der Waals surface area contributed by atoms with E-state index in [1.807, 2.05) is 42.5 Å². The Kier molecular flexibility index (Phi) is 11.3. The lowest BCUT2D eigenvalue weighted by atomic mass is 9.85. The van der Waals surface area contributed by atoms with Crippen LogP contribution in [0.1, 0.15) is 97.0 Å². The summed E-state index contributed by atoms with van der Waals surface area (Å²) in [5.41, 5.74) is 3.37. The Morgan fingerprint density at radius 2 is 1.69 bits per heavy atom. The molecule has 35 heavy (non-hydrogen) atoms. The minimum atomic E-state index is -0.216. The summed E-state index contributed by atoms with van der Waals surface area (Å²) in [6.45, 7) is 7.66. The fourth-order valence-electron chi connectivity index (χ4n) is 4.90. The first-order valence-corrected chi connectivity index (χ1v) is 14.0. The predicted molar refractivity (Wildman–Crippen MR) is 149 cm³/mol. The molecule has 0 bridgehead atoms. The lowest BCUT2D eigenvalue weighted by molar-refractivity contribution is -0.0174. The first-order valence-electron chi connectivity index (χ1n) is 14.0. The monoisotopic (exact) mass is 476 g/mol. The zero-order valence-electron chi connectivity index (χ0n) is 22.2. The van der Waals surface area contributed by atoms with Gasteiger partial charge in [-0.2, -0.15) is 0 Å². The van der Waals surface area contributed by atoms with Crippen LogP contribution in [0.25, 0.3) is 16.7 Å². The average molecular weight is 477 g/mol. The van der Waals surface area contributed by atoms with Crippen LogP contribution in [0.4, 0.5) is 4.39 Å². The normalized spacial score (nSPS) is 18.5. The van der Waals surface area contributed by atoms with Gasteiger partial charge in [0.1, 0.15) is 5.82 Å². The van der Waals surface area contributed by atoms with Crippen molar-refractivity contribution in [3.05, 3.63) is 78.1 Å². The van der Waals surface area contributed by atoms with Crippen LogP contribution in [0.2, 0.25) is 0 Å². The highest BCUT2D eigenvalue weighted by Crippen LogP contribution is 2.35. The highest BCUT2D eigenvalue weighted by atomic mass is 19.1. The minimum absolute atomic E-state index is 0.173. The molecule has 0 aromatic heterocycles. The van der Waals surface area contributed by atoms with Crippen molar-refractivity contribution in [3.63, 3.8) is 0 Å². The van der Waals surface area contributed by atoms with E-state index in [4.69, 9.17) is 4.74 Å². The second kappa shape index (κ2) is 14.4. The number of benzene rings is 2. The molecule has 3 rings (SSSR count). The Labute approximate surface area is 213 Å². The van der Waals surface area contributed by atoms with Crippen LogP contribution in [-0.2, 0) is 4.74 Å². The van der Waals surface area contributed by atoms with Crippen LogP contribution in [0.15, 0.2) is 66.8 Å². The number of allylic oxidation sites excluding steroid dienone is 2. The first-order chi connectivity index (χ1) is 17.1. The van der Waals surface area contributed by atoms with Gasteiger partial charge in [0, 0.05) is 12.2 Å². The van der Waals surface area contributed by atoms with Gasteiger partial charge in [-0.3, -0.25) is 0 Å². The molecule has 1 aliphatic carbocycles. The molecular formula is C33H45FO. The van der Waals surface area contributed by atoms with Crippen molar-refractivity contribution in [2.45, 2.75) is 97.0 Å². The second-order valence-corrected chi connectivity index (χ2v) is 10.3. The Morgan fingerprint density at radius 1 is 0.914 bits per heavy atom. The van der Waals surface area contributed by atoms with Crippen molar-refractivity contribution in [2.75, 3.05) is 6.61 Å². The van der Waals surface area contributed by atoms with Gasteiger partial charge in [0.2, 0.25) is 0 Å². The van der Waals surface area contributed by atoms with Crippen molar-refractivity contribution in [2.24, 2.45) is 5.92 Å². The summed E-state index contributed by atoms with van der Waals surface area (Å²) in [4.78, 5) is 0. The van der Waals surface area contributed by atoms with Crippen molar-refractivity contribution in [3.8, 4) is 11.1 Å². The summed E-state index contributed by atoms with van der Waals surface area (Å²) in [6, 6.07) is 15.4. The maximum Gasteiger partial charge on any atom is 0.131 e. The van der Waals surface area contributed by atoms with Crippen LogP contribution in [-0.4, -0.2) is 12.2 Å². The van der Waals surface area contributed by atoms with Gasteiger partial charge < -0.3 is 4.74 Å². The molecule has 0 amide bonds. The van der Waals surface area contributed by atoms with E-state index >= 15 is 0 Å². The Morgan fingerprint density at radius 3 is 2.37 bits per heavy atom. The number of ether oxygens (including phenoxy) is 1. The molecule has 2 aromatic rings. The van der Waals surface area contributed by atoms with Gasteiger partial charge in [-0.1, -0.05) is 126 Å². The molecule has 0 saturated carbocycles. The number of hydrogen-bond donors (Lipinski definition) is 0.